The fourth-order valence-electron chi connectivity index (χ4n) is 2.93. The first kappa shape index (κ1) is 18.1. The molecule has 0 radical (unpaired) electrons. The molecule has 1 aromatic heterocycles. The molecule has 0 aliphatic heterocycles. The van der Waals surface area contributed by atoms with Gasteiger partial charge in [-0.3, -0.25) is 9.78 Å². The van der Waals surface area contributed by atoms with Gasteiger partial charge in [0.2, 0.25) is 5.92 Å². The van der Waals surface area contributed by atoms with Crippen molar-refractivity contribution in [3.63, 3.8) is 0 Å². The Labute approximate surface area is 151 Å². The van der Waals surface area contributed by atoms with Crippen molar-refractivity contribution in [1.82, 2.24) is 10.3 Å². The van der Waals surface area contributed by atoms with Gasteiger partial charge in [0.1, 0.15) is 0 Å². The molecule has 1 aromatic carbocycles. The van der Waals surface area contributed by atoms with E-state index in [0.29, 0.717) is 24.9 Å². The molecule has 0 saturated heterocycles. The second-order valence-corrected chi connectivity index (χ2v) is 6.57. The zero-order valence-corrected chi connectivity index (χ0v) is 14.3. The second kappa shape index (κ2) is 8.09. The fourth-order valence-corrected chi connectivity index (χ4v) is 2.93. The highest BCUT2D eigenvalue weighted by atomic mass is 19.3. The standard InChI is InChI=1S/C21H20F2N2O/c22-21(23)11-7-18(8-12-21)15-25-20(26)19-5-3-16(4-6-19)1-2-17-9-13-24-14-10-17/h3-6,9-10,13-14,18H,7-8,11-12,15H2,(H,25,26). The zero-order valence-electron chi connectivity index (χ0n) is 14.3. The molecular formula is C21H20F2N2O. The van der Waals surface area contributed by atoms with E-state index in [0.717, 1.165) is 11.1 Å². The van der Waals surface area contributed by atoms with E-state index in [1.807, 2.05) is 12.1 Å². The molecule has 2 aromatic rings. The first-order valence-electron chi connectivity index (χ1n) is 8.70. The fraction of sp³-hybridized carbons (Fsp3) is 0.333. The van der Waals surface area contributed by atoms with Crippen LogP contribution >= 0.6 is 0 Å². The molecule has 0 spiro atoms. The first-order chi connectivity index (χ1) is 12.5. The number of rotatable bonds is 3. The minimum Gasteiger partial charge on any atom is -0.352 e. The maximum absolute atomic E-state index is 13.1. The number of halogens is 2. The van der Waals surface area contributed by atoms with E-state index in [9.17, 15) is 13.6 Å². The normalized spacial score (nSPS) is 16.4. The molecule has 1 aliphatic rings. The summed E-state index contributed by atoms with van der Waals surface area (Å²) in [6.45, 7) is 0.443. The topological polar surface area (TPSA) is 42.0 Å². The van der Waals surface area contributed by atoms with Crippen LogP contribution in [0.15, 0.2) is 48.8 Å². The average molecular weight is 354 g/mol. The van der Waals surface area contributed by atoms with Gasteiger partial charge in [-0.1, -0.05) is 11.8 Å². The lowest BCUT2D eigenvalue weighted by molar-refractivity contribution is -0.0452. The molecule has 0 atom stereocenters. The van der Waals surface area contributed by atoms with E-state index in [1.54, 1.807) is 36.7 Å². The van der Waals surface area contributed by atoms with Gasteiger partial charge in [0, 0.05) is 48.5 Å². The number of hydrogen-bond donors (Lipinski definition) is 1. The number of benzene rings is 1. The molecule has 1 saturated carbocycles. The van der Waals surface area contributed by atoms with Gasteiger partial charge in [-0.2, -0.15) is 0 Å². The highest BCUT2D eigenvalue weighted by molar-refractivity contribution is 5.94. The van der Waals surface area contributed by atoms with Gasteiger partial charge in [0.05, 0.1) is 0 Å². The van der Waals surface area contributed by atoms with E-state index in [4.69, 9.17) is 0 Å². The second-order valence-electron chi connectivity index (χ2n) is 6.57. The summed E-state index contributed by atoms with van der Waals surface area (Å²) < 4.78 is 26.3. The molecule has 1 heterocycles. The van der Waals surface area contributed by atoms with E-state index in [-0.39, 0.29) is 24.7 Å². The number of nitrogens with zero attached hydrogens (tertiary/aromatic N) is 1. The lowest BCUT2D eigenvalue weighted by atomic mass is 9.87. The molecular weight excluding hydrogens is 334 g/mol. The smallest absolute Gasteiger partial charge is 0.251 e. The van der Waals surface area contributed by atoms with E-state index < -0.39 is 5.92 Å². The third kappa shape index (κ3) is 5.13. The Morgan fingerprint density at radius 2 is 1.62 bits per heavy atom. The third-order valence-electron chi connectivity index (χ3n) is 4.57. The van der Waals surface area contributed by atoms with Gasteiger partial charge < -0.3 is 5.32 Å². The predicted molar refractivity (Wildman–Crippen MR) is 95.9 cm³/mol. The van der Waals surface area contributed by atoms with E-state index in [2.05, 4.69) is 22.1 Å². The number of hydrogen-bond acceptors (Lipinski definition) is 2. The summed E-state index contributed by atoms with van der Waals surface area (Å²) in [6.07, 6.45) is 4.11. The van der Waals surface area contributed by atoms with Crippen LogP contribution in [-0.4, -0.2) is 23.4 Å². The van der Waals surface area contributed by atoms with Crippen LogP contribution in [0.3, 0.4) is 0 Å². The largest absolute Gasteiger partial charge is 0.352 e. The SMILES string of the molecule is O=C(NCC1CCC(F)(F)CC1)c1ccc(C#Cc2ccncc2)cc1. The Morgan fingerprint density at radius 1 is 1.04 bits per heavy atom. The Kier molecular flexibility index (Phi) is 5.62. The summed E-state index contributed by atoms with van der Waals surface area (Å²) in [6, 6.07) is 10.7. The van der Waals surface area contributed by atoms with Gasteiger partial charge >= 0.3 is 0 Å². The van der Waals surface area contributed by atoms with Crippen molar-refractivity contribution in [2.75, 3.05) is 6.54 Å². The molecule has 0 bridgehead atoms. The van der Waals surface area contributed by atoms with Crippen molar-refractivity contribution in [3.05, 3.63) is 65.5 Å². The van der Waals surface area contributed by atoms with Crippen LogP contribution in [0.25, 0.3) is 0 Å². The van der Waals surface area contributed by atoms with Gasteiger partial charge in [0.15, 0.2) is 0 Å². The molecule has 0 unspecified atom stereocenters. The minimum atomic E-state index is -2.53. The molecule has 5 heteroatoms. The Balaban J connectivity index is 1.52. The highest BCUT2D eigenvalue weighted by Gasteiger charge is 2.34. The number of nitrogens with one attached hydrogen (secondary N) is 1. The number of carbonyl (C=O) groups is 1. The maximum atomic E-state index is 13.1. The quantitative estimate of drug-likeness (QED) is 0.846. The van der Waals surface area contributed by atoms with Crippen molar-refractivity contribution in [2.45, 2.75) is 31.6 Å². The molecule has 1 N–H and O–H groups in total. The molecule has 26 heavy (non-hydrogen) atoms. The molecule has 134 valence electrons. The van der Waals surface area contributed by atoms with Crippen molar-refractivity contribution in [3.8, 4) is 11.8 Å². The summed E-state index contributed by atoms with van der Waals surface area (Å²) in [5.41, 5.74) is 2.23. The molecule has 3 rings (SSSR count). The number of aromatic nitrogens is 1. The first-order valence-corrected chi connectivity index (χ1v) is 8.70. The van der Waals surface area contributed by atoms with Crippen molar-refractivity contribution in [2.24, 2.45) is 5.92 Å². The summed E-state index contributed by atoms with van der Waals surface area (Å²) in [5, 5.41) is 2.85. The molecule has 1 aliphatic carbocycles. The molecule has 3 nitrogen and oxygen atoms in total. The predicted octanol–water partition coefficient (Wildman–Crippen LogP) is 4.04. The Hall–Kier alpha value is -2.74. The Morgan fingerprint density at radius 3 is 2.23 bits per heavy atom. The molecule has 1 fully saturated rings. The summed E-state index contributed by atoms with van der Waals surface area (Å²) in [5.74, 6) is 3.48. The van der Waals surface area contributed by atoms with Crippen LogP contribution in [0.5, 0.6) is 0 Å². The summed E-state index contributed by atoms with van der Waals surface area (Å²) in [7, 11) is 0. The Bertz CT molecular complexity index is 797. The third-order valence-corrected chi connectivity index (χ3v) is 4.57. The minimum absolute atomic E-state index is 0.0849. The van der Waals surface area contributed by atoms with Gasteiger partial charge in [0.25, 0.3) is 5.91 Å². The van der Waals surface area contributed by atoms with Crippen LogP contribution < -0.4 is 5.32 Å². The highest BCUT2D eigenvalue weighted by Crippen LogP contribution is 2.35. The van der Waals surface area contributed by atoms with Crippen LogP contribution in [0.4, 0.5) is 8.78 Å². The maximum Gasteiger partial charge on any atom is 0.251 e. The summed E-state index contributed by atoms with van der Waals surface area (Å²) in [4.78, 5) is 16.1. The zero-order chi connectivity index (χ0) is 18.4. The van der Waals surface area contributed by atoms with Crippen LogP contribution in [0, 0.1) is 17.8 Å². The van der Waals surface area contributed by atoms with E-state index >= 15 is 0 Å². The van der Waals surface area contributed by atoms with Crippen molar-refractivity contribution in [1.29, 1.82) is 0 Å². The number of pyridine rings is 1. The number of carbonyl (C=O) groups excluding carboxylic acids is 1. The average Bonchev–Trinajstić information content (AvgIpc) is 2.66. The molecule has 1 amide bonds. The lowest BCUT2D eigenvalue weighted by Gasteiger charge is -2.28. The monoisotopic (exact) mass is 354 g/mol. The summed E-state index contributed by atoms with van der Waals surface area (Å²) >= 11 is 0. The lowest BCUT2D eigenvalue weighted by Crippen LogP contribution is -2.33. The van der Waals surface area contributed by atoms with Crippen LogP contribution in [0.2, 0.25) is 0 Å². The van der Waals surface area contributed by atoms with Gasteiger partial charge in [-0.05, 0) is 55.2 Å². The van der Waals surface area contributed by atoms with Crippen LogP contribution in [-0.2, 0) is 0 Å². The van der Waals surface area contributed by atoms with Crippen molar-refractivity contribution >= 4 is 5.91 Å². The van der Waals surface area contributed by atoms with Crippen molar-refractivity contribution < 1.29 is 13.6 Å². The van der Waals surface area contributed by atoms with Gasteiger partial charge in [-0.25, -0.2) is 8.78 Å². The van der Waals surface area contributed by atoms with E-state index in [1.165, 1.54) is 0 Å². The number of alkyl halides is 2. The van der Waals surface area contributed by atoms with Crippen LogP contribution in [0.1, 0.15) is 47.2 Å². The van der Waals surface area contributed by atoms with Gasteiger partial charge in [-0.15, -0.1) is 0 Å². The number of amides is 1.